The van der Waals surface area contributed by atoms with Gasteiger partial charge in [0, 0.05) is 24.1 Å². The van der Waals surface area contributed by atoms with E-state index >= 15 is 0 Å². The Morgan fingerprint density at radius 2 is 1.77 bits per heavy atom. The summed E-state index contributed by atoms with van der Waals surface area (Å²) in [6.45, 7) is 5.23. The van der Waals surface area contributed by atoms with Crippen LogP contribution in [0.15, 0.2) is 24.3 Å². The third-order valence-corrected chi connectivity index (χ3v) is 3.26. The van der Waals surface area contributed by atoms with Gasteiger partial charge in [0.2, 0.25) is 0 Å². The number of ketones is 1. The van der Waals surface area contributed by atoms with Crippen LogP contribution in [0, 0.1) is 15.5 Å². The summed E-state index contributed by atoms with van der Waals surface area (Å²) in [5, 5.41) is 19.7. The summed E-state index contributed by atoms with van der Waals surface area (Å²) in [6, 6.07) is 5.93. The molecule has 0 spiro atoms. The van der Waals surface area contributed by atoms with Gasteiger partial charge in [0.15, 0.2) is 5.78 Å². The number of hydrogen-bond acceptors (Lipinski definition) is 4. The normalized spacial score (nSPS) is 11.0. The maximum atomic E-state index is 11.9. The molecular weight excluding hydrogens is 288 g/mol. The highest BCUT2D eigenvalue weighted by Crippen LogP contribution is 2.16. The minimum Gasteiger partial charge on any atom is -0.465 e. The lowest BCUT2D eigenvalue weighted by Gasteiger charge is -2.23. The van der Waals surface area contributed by atoms with Crippen molar-refractivity contribution in [3.05, 3.63) is 39.9 Å². The van der Waals surface area contributed by atoms with Crippen LogP contribution in [0.1, 0.15) is 26.3 Å². The van der Waals surface area contributed by atoms with Gasteiger partial charge in [-0.05, 0) is 12.0 Å². The molecule has 1 aromatic rings. The zero-order valence-electron chi connectivity index (χ0n) is 12.9. The fraction of sp³-hybridized carbons (Fsp3) is 0.467. The van der Waals surface area contributed by atoms with Gasteiger partial charge in [-0.2, -0.15) is 0 Å². The Morgan fingerprint density at radius 3 is 2.18 bits per heavy atom. The van der Waals surface area contributed by atoms with E-state index in [1.54, 1.807) is 32.9 Å². The monoisotopic (exact) mass is 308 g/mol. The molecule has 0 aliphatic carbocycles. The topological polar surface area (TPSA) is 101 Å². The second-order valence-electron chi connectivity index (χ2n) is 6.05. The van der Waals surface area contributed by atoms with Gasteiger partial charge in [0.25, 0.3) is 5.69 Å². The maximum absolute atomic E-state index is 11.9. The first-order valence-corrected chi connectivity index (χ1v) is 6.86. The molecule has 1 rings (SSSR count). The van der Waals surface area contributed by atoms with Gasteiger partial charge in [-0.3, -0.25) is 14.9 Å². The molecule has 0 saturated heterocycles. The van der Waals surface area contributed by atoms with Gasteiger partial charge < -0.3 is 10.0 Å². The number of amides is 1. The highest BCUT2D eigenvalue weighted by molar-refractivity contribution is 5.87. The van der Waals surface area contributed by atoms with Crippen molar-refractivity contribution in [1.82, 2.24) is 4.90 Å². The fourth-order valence-corrected chi connectivity index (χ4v) is 1.70. The maximum Gasteiger partial charge on any atom is 0.407 e. The number of non-ortho nitro benzene ring substituents is 1. The largest absolute Gasteiger partial charge is 0.465 e. The van der Waals surface area contributed by atoms with Crippen molar-refractivity contribution in [2.24, 2.45) is 5.41 Å². The highest BCUT2D eigenvalue weighted by atomic mass is 16.6. The van der Waals surface area contributed by atoms with Crippen molar-refractivity contribution in [3.63, 3.8) is 0 Å². The molecule has 22 heavy (non-hydrogen) atoms. The Balaban J connectivity index is 2.67. The number of rotatable bonds is 6. The zero-order chi connectivity index (χ0) is 16.9. The van der Waals surface area contributed by atoms with Crippen LogP contribution < -0.4 is 0 Å². The predicted octanol–water partition coefficient (Wildman–Crippen LogP) is 2.73. The molecule has 7 heteroatoms. The van der Waals surface area contributed by atoms with Gasteiger partial charge in [-0.15, -0.1) is 0 Å². The summed E-state index contributed by atoms with van der Waals surface area (Å²) in [5.41, 5.74) is 0.169. The van der Waals surface area contributed by atoms with Crippen LogP contribution in [0.4, 0.5) is 10.5 Å². The van der Waals surface area contributed by atoms with Gasteiger partial charge in [0.05, 0.1) is 11.5 Å². The van der Waals surface area contributed by atoms with Crippen LogP contribution in [0.3, 0.4) is 0 Å². The second kappa shape index (κ2) is 7.02. The molecule has 0 aliphatic heterocycles. The second-order valence-corrected chi connectivity index (χ2v) is 6.05. The summed E-state index contributed by atoms with van der Waals surface area (Å²) in [4.78, 5) is 34.3. The number of Topliss-reactive ketones (excluding diaryl/α,β-unsaturated/α-hetero) is 1. The lowest BCUT2D eigenvalue weighted by atomic mass is 9.90. The molecule has 0 atom stereocenters. The predicted molar refractivity (Wildman–Crippen MR) is 80.9 cm³/mol. The molecule has 0 aliphatic rings. The Kier molecular flexibility index (Phi) is 5.62. The molecule has 0 aromatic heterocycles. The number of nitrogens with zero attached hydrogens (tertiary/aromatic N) is 2. The zero-order valence-corrected chi connectivity index (χ0v) is 12.9. The standard InChI is InChI=1S/C15H20N2O5/c1-15(2,3)13(18)10-16(14(19)20)9-8-11-4-6-12(7-5-11)17(21)22/h4-7H,8-10H2,1-3H3,(H,19,20). The quantitative estimate of drug-likeness (QED) is 0.643. The smallest absolute Gasteiger partial charge is 0.407 e. The molecule has 1 aromatic carbocycles. The van der Waals surface area contributed by atoms with Crippen LogP contribution in [0.5, 0.6) is 0 Å². The molecule has 7 nitrogen and oxygen atoms in total. The Bertz CT molecular complexity index is 560. The van der Waals surface area contributed by atoms with Gasteiger partial charge in [-0.1, -0.05) is 32.9 Å². The van der Waals surface area contributed by atoms with E-state index in [0.29, 0.717) is 6.42 Å². The van der Waals surface area contributed by atoms with Crippen molar-refractivity contribution in [2.45, 2.75) is 27.2 Å². The van der Waals surface area contributed by atoms with Crippen LogP contribution >= 0.6 is 0 Å². The van der Waals surface area contributed by atoms with E-state index < -0.39 is 16.4 Å². The molecule has 1 amide bonds. The number of carbonyl (C=O) groups is 2. The molecule has 1 N–H and O–H groups in total. The average Bonchev–Trinajstić information content (AvgIpc) is 2.42. The van der Waals surface area contributed by atoms with Gasteiger partial charge in [0.1, 0.15) is 0 Å². The van der Waals surface area contributed by atoms with E-state index in [2.05, 4.69) is 0 Å². The number of carboxylic acid groups (broad SMARTS) is 1. The van der Waals surface area contributed by atoms with Crippen molar-refractivity contribution in [2.75, 3.05) is 13.1 Å². The number of hydrogen-bond donors (Lipinski definition) is 1. The molecule has 0 bridgehead atoms. The van der Waals surface area contributed by atoms with Gasteiger partial charge >= 0.3 is 6.09 Å². The molecule has 0 unspecified atom stereocenters. The van der Waals surface area contributed by atoms with Crippen LogP contribution in [0.2, 0.25) is 0 Å². The fourth-order valence-electron chi connectivity index (χ4n) is 1.70. The van der Waals surface area contributed by atoms with Crippen molar-refractivity contribution in [1.29, 1.82) is 0 Å². The van der Waals surface area contributed by atoms with Crippen molar-refractivity contribution >= 4 is 17.6 Å². The number of benzene rings is 1. The third kappa shape index (κ3) is 5.16. The minimum absolute atomic E-state index is 0.0123. The minimum atomic E-state index is -1.15. The van der Waals surface area contributed by atoms with E-state index in [1.807, 2.05) is 0 Å². The van der Waals surface area contributed by atoms with Crippen molar-refractivity contribution < 1.29 is 19.6 Å². The molecule has 0 fully saturated rings. The van der Waals surface area contributed by atoms with Crippen molar-refractivity contribution in [3.8, 4) is 0 Å². The van der Waals surface area contributed by atoms with Gasteiger partial charge in [-0.25, -0.2) is 4.79 Å². The first-order chi connectivity index (χ1) is 10.1. The third-order valence-electron chi connectivity index (χ3n) is 3.26. The van der Waals surface area contributed by atoms with E-state index in [0.717, 1.165) is 10.5 Å². The lowest BCUT2D eigenvalue weighted by Crippen LogP contribution is -2.40. The van der Waals surface area contributed by atoms with Crippen LogP contribution in [-0.4, -0.2) is 39.9 Å². The van der Waals surface area contributed by atoms with Crippen LogP contribution in [-0.2, 0) is 11.2 Å². The number of nitro benzene ring substituents is 1. The van der Waals surface area contributed by atoms with E-state index in [1.165, 1.54) is 12.1 Å². The summed E-state index contributed by atoms with van der Waals surface area (Å²) < 4.78 is 0. The summed E-state index contributed by atoms with van der Waals surface area (Å²) in [6.07, 6.45) is -0.763. The highest BCUT2D eigenvalue weighted by Gasteiger charge is 2.25. The van der Waals surface area contributed by atoms with Crippen LogP contribution in [0.25, 0.3) is 0 Å². The van der Waals surface area contributed by atoms with E-state index in [9.17, 15) is 19.7 Å². The van der Waals surface area contributed by atoms with E-state index in [-0.39, 0.29) is 24.6 Å². The molecule has 120 valence electrons. The number of nitro groups is 1. The summed E-state index contributed by atoms with van der Waals surface area (Å²) >= 11 is 0. The molecular formula is C15H20N2O5. The molecule has 0 radical (unpaired) electrons. The summed E-state index contributed by atoms with van der Waals surface area (Å²) in [5.74, 6) is -0.154. The first-order valence-electron chi connectivity index (χ1n) is 6.86. The Labute approximate surface area is 128 Å². The first kappa shape index (κ1) is 17.6. The Hall–Kier alpha value is -2.44. The average molecular weight is 308 g/mol. The lowest BCUT2D eigenvalue weighted by molar-refractivity contribution is -0.384. The Morgan fingerprint density at radius 1 is 1.23 bits per heavy atom. The van der Waals surface area contributed by atoms with E-state index in [4.69, 9.17) is 5.11 Å². The number of carbonyl (C=O) groups excluding carboxylic acids is 1. The SMILES string of the molecule is CC(C)(C)C(=O)CN(CCc1ccc([N+](=O)[O-])cc1)C(=O)O. The molecule has 0 saturated carbocycles. The summed E-state index contributed by atoms with van der Waals surface area (Å²) in [7, 11) is 0. The molecule has 0 heterocycles.